The average Bonchev–Trinajstić information content (AvgIpc) is 2.57. The van der Waals surface area contributed by atoms with Crippen LogP contribution in [-0.4, -0.2) is 18.6 Å². The lowest BCUT2D eigenvalue weighted by molar-refractivity contribution is 0.102. The second-order valence-corrected chi connectivity index (χ2v) is 6.82. The molecule has 1 N–H and O–H groups in total. The van der Waals surface area contributed by atoms with Gasteiger partial charge in [0.05, 0.1) is 22.9 Å². The highest BCUT2D eigenvalue weighted by molar-refractivity contribution is 9.10. The fourth-order valence-corrected chi connectivity index (χ4v) is 2.70. The molecule has 0 atom stereocenters. The average molecular weight is 406 g/mol. The van der Waals surface area contributed by atoms with Gasteiger partial charge in [-0.1, -0.05) is 25.5 Å². The zero-order valence-corrected chi connectivity index (χ0v) is 16.4. The molecule has 0 saturated carbocycles. The first-order chi connectivity index (χ1) is 12.0. The van der Waals surface area contributed by atoms with E-state index in [4.69, 9.17) is 9.47 Å². The molecule has 0 aliphatic carbocycles. The monoisotopic (exact) mass is 405 g/mol. The van der Waals surface area contributed by atoms with Crippen molar-refractivity contribution in [1.29, 1.82) is 0 Å². The molecule has 1 amide bonds. The van der Waals surface area contributed by atoms with Crippen LogP contribution in [0, 0.1) is 0 Å². The smallest absolute Gasteiger partial charge is 0.255 e. The Balaban J connectivity index is 2.10. The molecule has 25 heavy (non-hydrogen) atoms. The van der Waals surface area contributed by atoms with Gasteiger partial charge >= 0.3 is 0 Å². The minimum atomic E-state index is -0.194. The number of anilines is 1. The van der Waals surface area contributed by atoms with E-state index in [1.54, 1.807) is 12.1 Å². The SMILES string of the molecule is CCCCOc1ccc(C(=O)Nc2ccccc2OC(C)C)cc1Br. The molecule has 0 aliphatic rings. The Bertz CT molecular complexity index is 716. The standard InChI is InChI=1S/C20H24BrNO3/c1-4-5-12-24-18-11-10-15(13-16(18)21)20(23)22-17-8-6-7-9-19(17)25-14(2)3/h6-11,13-14H,4-5,12H2,1-3H3,(H,22,23). The second-order valence-electron chi connectivity index (χ2n) is 5.96. The summed E-state index contributed by atoms with van der Waals surface area (Å²) < 4.78 is 12.2. The molecular formula is C20H24BrNO3. The van der Waals surface area contributed by atoms with E-state index in [1.165, 1.54) is 0 Å². The van der Waals surface area contributed by atoms with Crippen LogP contribution < -0.4 is 14.8 Å². The molecule has 0 unspecified atom stereocenters. The zero-order valence-electron chi connectivity index (χ0n) is 14.8. The third-order valence-corrected chi connectivity index (χ3v) is 4.07. The molecule has 0 radical (unpaired) electrons. The van der Waals surface area contributed by atoms with Crippen LogP contribution >= 0.6 is 15.9 Å². The highest BCUT2D eigenvalue weighted by atomic mass is 79.9. The third kappa shape index (κ3) is 5.78. The van der Waals surface area contributed by atoms with Gasteiger partial charge in [0.25, 0.3) is 5.91 Å². The molecule has 2 aromatic carbocycles. The van der Waals surface area contributed by atoms with Gasteiger partial charge in [0, 0.05) is 5.56 Å². The maximum absolute atomic E-state index is 12.5. The van der Waals surface area contributed by atoms with E-state index in [1.807, 2.05) is 44.2 Å². The number of carbonyl (C=O) groups is 1. The van der Waals surface area contributed by atoms with Crippen molar-refractivity contribution in [3.05, 3.63) is 52.5 Å². The Kier molecular flexibility index (Phi) is 7.31. The Morgan fingerprint density at radius 2 is 1.92 bits per heavy atom. The van der Waals surface area contributed by atoms with Gasteiger partial charge in [-0.3, -0.25) is 4.79 Å². The van der Waals surface area contributed by atoms with Crippen molar-refractivity contribution in [3.8, 4) is 11.5 Å². The Hall–Kier alpha value is -2.01. The van der Waals surface area contributed by atoms with Crippen molar-refractivity contribution in [3.63, 3.8) is 0 Å². The maximum Gasteiger partial charge on any atom is 0.255 e. The number of nitrogens with one attached hydrogen (secondary N) is 1. The number of amides is 1. The summed E-state index contributed by atoms with van der Waals surface area (Å²) in [6.07, 6.45) is 2.11. The van der Waals surface area contributed by atoms with E-state index in [9.17, 15) is 4.79 Å². The number of halogens is 1. The number of para-hydroxylation sites is 2. The van der Waals surface area contributed by atoms with Crippen molar-refractivity contribution >= 4 is 27.5 Å². The molecular weight excluding hydrogens is 382 g/mol. The maximum atomic E-state index is 12.5. The molecule has 0 saturated heterocycles. The van der Waals surface area contributed by atoms with E-state index in [2.05, 4.69) is 28.2 Å². The van der Waals surface area contributed by atoms with Gasteiger partial charge in [-0.2, -0.15) is 0 Å². The van der Waals surface area contributed by atoms with Crippen molar-refractivity contribution in [2.24, 2.45) is 0 Å². The summed E-state index contributed by atoms with van der Waals surface area (Å²) in [5.41, 5.74) is 1.20. The zero-order chi connectivity index (χ0) is 18.2. The minimum absolute atomic E-state index is 0.0340. The number of hydrogen-bond donors (Lipinski definition) is 1. The van der Waals surface area contributed by atoms with Crippen LogP contribution in [-0.2, 0) is 0 Å². The summed E-state index contributed by atoms with van der Waals surface area (Å²) in [6, 6.07) is 12.7. The first kappa shape index (κ1) is 19.3. The van der Waals surface area contributed by atoms with E-state index in [0.29, 0.717) is 23.6 Å². The van der Waals surface area contributed by atoms with Crippen molar-refractivity contribution < 1.29 is 14.3 Å². The summed E-state index contributed by atoms with van der Waals surface area (Å²) in [7, 11) is 0. The summed E-state index contributed by atoms with van der Waals surface area (Å²) in [5.74, 6) is 1.21. The van der Waals surface area contributed by atoms with Crippen LogP contribution in [0.25, 0.3) is 0 Å². The number of ether oxygens (including phenoxy) is 2. The summed E-state index contributed by atoms with van der Waals surface area (Å²) in [4.78, 5) is 12.5. The highest BCUT2D eigenvalue weighted by Gasteiger charge is 2.12. The molecule has 2 rings (SSSR count). The summed E-state index contributed by atoms with van der Waals surface area (Å²) >= 11 is 3.47. The fourth-order valence-electron chi connectivity index (χ4n) is 2.21. The van der Waals surface area contributed by atoms with Crippen LogP contribution in [0.15, 0.2) is 46.9 Å². The topological polar surface area (TPSA) is 47.6 Å². The molecule has 2 aromatic rings. The largest absolute Gasteiger partial charge is 0.492 e. The van der Waals surface area contributed by atoms with Gasteiger partial charge in [-0.15, -0.1) is 0 Å². The van der Waals surface area contributed by atoms with Crippen LogP contribution in [0.3, 0.4) is 0 Å². The molecule has 134 valence electrons. The van der Waals surface area contributed by atoms with Gasteiger partial charge in [0.2, 0.25) is 0 Å². The van der Waals surface area contributed by atoms with E-state index in [0.717, 1.165) is 23.1 Å². The molecule has 0 aliphatic heterocycles. The summed E-state index contributed by atoms with van der Waals surface area (Å²) in [6.45, 7) is 6.69. The second kappa shape index (κ2) is 9.47. The fraction of sp³-hybridized carbons (Fsp3) is 0.350. The van der Waals surface area contributed by atoms with E-state index in [-0.39, 0.29) is 12.0 Å². The number of carbonyl (C=O) groups excluding carboxylic acids is 1. The Morgan fingerprint density at radius 3 is 2.60 bits per heavy atom. The molecule has 0 spiro atoms. The molecule has 0 aromatic heterocycles. The molecule has 0 heterocycles. The van der Waals surface area contributed by atoms with Gasteiger partial charge in [-0.05, 0) is 66.5 Å². The predicted octanol–water partition coefficient (Wildman–Crippen LogP) is 5.67. The Morgan fingerprint density at radius 1 is 1.16 bits per heavy atom. The molecule has 4 nitrogen and oxygen atoms in total. The summed E-state index contributed by atoms with van der Waals surface area (Å²) in [5, 5.41) is 2.91. The van der Waals surface area contributed by atoms with Crippen LogP contribution in [0.4, 0.5) is 5.69 Å². The van der Waals surface area contributed by atoms with Gasteiger partial charge < -0.3 is 14.8 Å². The lowest BCUT2D eigenvalue weighted by Gasteiger charge is -2.15. The number of hydrogen-bond acceptors (Lipinski definition) is 3. The van der Waals surface area contributed by atoms with Crippen LogP contribution in [0.1, 0.15) is 44.0 Å². The molecule has 0 fully saturated rings. The highest BCUT2D eigenvalue weighted by Crippen LogP contribution is 2.28. The number of unbranched alkanes of at least 4 members (excludes halogenated alkanes) is 1. The lowest BCUT2D eigenvalue weighted by atomic mass is 10.2. The van der Waals surface area contributed by atoms with Gasteiger partial charge in [0.15, 0.2) is 0 Å². The normalized spacial score (nSPS) is 10.6. The molecule has 5 heteroatoms. The third-order valence-electron chi connectivity index (χ3n) is 3.45. The van der Waals surface area contributed by atoms with Crippen LogP contribution in [0.5, 0.6) is 11.5 Å². The molecule has 0 bridgehead atoms. The van der Waals surface area contributed by atoms with Crippen molar-refractivity contribution in [1.82, 2.24) is 0 Å². The lowest BCUT2D eigenvalue weighted by Crippen LogP contribution is -2.14. The number of rotatable bonds is 8. The van der Waals surface area contributed by atoms with Gasteiger partial charge in [-0.25, -0.2) is 0 Å². The van der Waals surface area contributed by atoms with Gasteiger partial charge in [0.1, 0.15) is 11.5 Å². The quantitative estimate of drug-likeness (QED) is 0.575. The predicted molar refractivity (Wildman–Crippen MR) is 105 cm³/mol. The van der Waals surface area contributed by atoms with Crippen LogP contribution in [0.2, 0.25) is 0 Å². The first-order valence-electron chi connectivity index (χ1n) is 8.50. The first-order valence-corrected chi connectivity index (χ1v) is 9.30. The minimum Gasteiger partial charge on any atom is -0.492 e. The van der Waals surface area contributed by atoms with E-state index < -0.39 is 0 Å². The van der Waals surface area contributed by atoms with E-state index >= 15 is 0 Å². The Labute approximate surface area is 157 Å². The van der Waals surface area contributed by atoms with Crippen molar-refractivity contribution in [2.75, 3.05) is 11.9 Å². The number of benzene rings is 2. The van der Waals surface area contributed by atoms with Crippen molar-refractivity contribution in [2.45, 2.75) is 39.7 Å².